The van der Waals surface area contributed by atoms with E-state index < -0.39 is 0 Å². The van der Waals surface area contributed by atoms with E-state index in [-0.39, 0.29) is 5.91 Å². The fourth-order valence-corrected chi connectivity index (χ4v) is 1.87. The summed E-state index contributed by atoms with van der Waals surface area (Å²) in [6.07, 6.45) is 5.95. The molecule has 0 spiro atoms. The molecule has 0 aliphatic carbocycles. The average Bonchev–Trinajstić information content (AvgIpc) is 2.45. The summed E-state index contributed by atoms with van der Waals surface area (Å²) in [7, 11) is 0. The minimum atomic E-state index is 0.112. The van der Waals surface area contributed by atoms with Crippen molar-refractivity contribution >= 4 is 5.91 Å². The van der Waals surface area contributed by atoms with Gasteiger partial charge in [0.15, 0.2) is 0 Å². The zero-order valence-corrected chi connectivity index (χ0v) is 11.6. The SMILES string of the molecule is CCCCCCNC(=O)CCc1ccc(C#N)cc1. The molecule has 19 heavy (non-hydrogen) atoms. The topological polar surface area (TPSA) is 52.9 Å². The normalized spacial score (nSPS) is 9.89. The van der Waals surface area contributed by atoms with E-state index in [1.165, 1.54) is 19.3 Å². The van der Waals surface area contributed by atoms with Gasteiger partial charge in [-0.25, -0.2) is 0 Å². The van der Waals surface area contributed by atoms with Crippen LogP contribution in [0, 0.1) is 11.3 Å². The third kappa shape index (κ3) is 6.61. The van der Waals surface area contributed by atoms with Crippen molar-refractivity contribution in [2.24, 2.45) is 0 Å². The molecule has 0 aliphatic heterocycles. The molecule has 0 aromatic heterocycles. The second kappa shape index (κ2) is 9.16. The number of hydrogen-bond acceptors (Lipinski definition) is 2. The number of nitriles is 1. The predicted molar refractivity (Wildman–Crippen MR) is 76.6 cm³/mol. The Bertz CT molecular complexity index is 417. The molecule has 102 valence electrons. The lowest BCUT2D eigenvalue weighted by Gasteiger charge is -2.05. The van der Waals surface area contributed by atoms with Crippen LogP contribution in [0.1, 0.15) is 50.2 Å². The fourth-order valence-electron chi connectivity index (χ4n) is 1.87. The first-order valence-electron chi connectivity index (χ1n) is 7.02. The number of hydrogen-bond donors (Lipinski definition) is 1. The van der Waals surface area contributed by atoms with Gasteiger partial charge in [-0.15, -0.1) is 0 Å². The van der Waals surface area contributed by atoms with Crippen molar-refractivity contribution in [3.8, 4) is 6.07 Å². The lowest BCUT2D eigenvalue weighted by molar-refractivity contribution is -0.121. The van der Waals surface area contributed by atoms with Gasteiger partial charge in [0.05, 0.1) is 11.6 Å². The molecule has 3 nitrogen and oxygen atoms in total. The van der Waals surface area contributed by atoms with Crippen LogP contribution >= 0.6 is 0 Å². The van der Waals surface area contributed by atoms with Crippen molar-refractivity contribution in [3.63, 3.8) is 0 Å². The van der Waals surface area contributed by atoms with Crippen molar-refractivity contribution in [1.29, 1.82) is 5.26 Å². The predicted octanol–water partition coefficient (Wildman–Crippen LogP) is 3.19. The molecule has 0 radical (unpaired) electrons. The van der Waals surface area contributed by atoms with Crippen LogP contribution in [0.4, 0.5) is 0 Å². The molecule has 0 saturated carbocycles. The van der Waals surface area contributed by atoms with Gasteiger partial charge in [0, 0.05) is 13.0 Å². The number of carbonyl (C=O) groups is 1. The first-order chi connectivity index (χ1) is 9.26. The van der Waals surface area contributed by atoms with Crippen LogP contribution in [-0.4, -0.2) is 12.5 Å². The molecule has 1 aromatic rings. The Morgan fingerprint density at radius 3 is 2.58 bits per heavy atom. The average molecular weight is 258 g/mol. The van der Waals surface area contributed by atoms with Gasteiger partial charge < -0.3 is 5.32 Å². The van der Waals surface area contributed by atoms with Crippen LogP contribution in [0.5, 0.6) is 0 Å². The summed E-state index contributed by atoms with van der Waals surface area (Å²) in [4.78, 5) is 11.6. The van der Waals surface area contributed by atoms with Crippen molar-refractivity contribution in [3.05, 3.63) is 35.4 Å². The number of nitrogens with zero attached hydrogens (tertiary/aromatic N) is 1. The van der Waals surface area contributed by atoms with E-state index >= 15 is 0 Å². The zero-order chi connectivity index (χ0) is 13.9. The van der Waals surface area contributed by atoms with Gasteiger partial charge >= 0.3 is 0 Å². The van der Waals surface area contributed by atoms with E-state index in [0.29, 0.717) is 12.0 Å². The standard InChI is InChI=1S/C16H22N2O/c1-2-3-4-5-12-18-16(19)11-10-14-6-8-15(13-17)9-7-14/h6-9H,2-5,10-12H2,1H3,(H,18,19). The van der Waals surface area contributed by atoms with Gasteiger partial charge in [0.1, 0.15) is 0 Å². The maximum Gasteiger partial charge on any atom is 0.220 e. The summed E-state index contributed by atoms with van der Waals surface area (Å²) < 4.78 is 0. The van der Waals surface area contributed by atoms with Crippen LogP contribution in [0.15, 0.2) is 24.3 Å². The summed E-state index contributed by atoms with van der Waals surface area (Å²) in [5, 5.41) is 11.6. The molecule has 1 amide bonds. The molecule has 0 fully saturated rings. The van der Waals surface area contributed by atoms with E-state index in [9.17, 15) is 4.79 Å². The highest BCUT2D eigenvalue weighted by atomic mass is 16.1. The summed E-state index contributed by atoms with van der Waals surface area (Å²) in [5.41, 5.74) is 1.75. The number of aryl methyl sites for hydroxylation is 1. The highest BCUT2D eigenvalue weighted by Crippen LogP contribution is 2.06. The summed E-state index contributed by atoms with van der Waals surface area (Å²) >= 11 is 0. The van der Waals surface area contributed by atoms with E-state index in [4.69, 9.17) is 5.26 Å². The molecule has 0 heterocycles. The van der Waals surface area contributed by atoms with Gasteiger partial charge in [-0.1, -0.05) is 38.3 Å². The molecule has 1 N–H and O–H groups in total. The van der Waals surface area contributed by atoms with Crippen LogP contribution in [0.25, 0.3) is 0 Å². The zero-order valence-electron chi connectivity index (χ0n) is 11.6. The number of unbranched alkanes of at least 4 members (excludes halogenated alkanes) is 3. The molecular weight excluding hydrogens is 236 g/mol. The van der Waals surface area contributed by atoms with Crippen molar-refractivity contribution < 1.29 is 4.79 Å². The molecule has 0 saturated heterocycles. The lowest BCUT2D eigenvalue weighted by Crippen LogP contribution is -2.24. The second-order valence-corrected chi connectivity index (χ2v) is 4.72. The lowest BCUT2D eigenvalue weighted by atomic mass is 10.1. The number of benzene rings is 1. The maximum atomic E-state index is 11.6. The highest BCUT2D eigenvalue weighted by molar-refractivity contribution is 5.76. The van der Waals surface area contributed by atoms with E-state index in [1.807, 2.05) is 12.1 Å². The van der Waals surface area contributed by atoms with Gasteiger partial charge in [0.25, 0.3) is 0 Å². The van der Waals surface area contributed by atoms with Crippen LogP contribution in [0.2, 0.25) is 0 Å². The third-order valence-corrected chi connectivity index (χ3v) is 3.08. The van der Waals surface area contributed by atoms with Crippen molar-refractivity contribution in [2.75, 3.05) is 6.54 Å². The highest BCUT2D eigenvalue weighted by Gasteiger charge is 2.01. The Hall–Kier alpha value is -1.82. The Morgan fingerprint density at radius 1 is 1.21 bits per heavy atom. The van der Waals surface area contributed by atoms with Gasteiger partial charge in [0.2, 0.25) is 5.91 Å². The minimum Gasteiger partial charge on any atom is -0.356 e. The first-order valence-corrected chi connectivity index (χ1v) is 7.02. The van der Waals surface area contributed by atoms with Crippen molar-refractivity contribution in [1.82, 2.24) is 5.32 Å². The van der Waals surface area contributed by atoms with Crippen molar-refractivity contribution in [2.45, 2.75) is 45.4 Å². The summed E-state index contributed by atoms with van der Waals surface area (Å²) in [5.74, 6) is 0.112. The second-order valence-electron chi connectivity index (χ2n) is 4.72. The molecule has 0 unspecified atom stereocenters. The molecule has 0 bridgehead atoms. The Labute approximate surface area is 115 Å². The summed E-state index contributed by atoms with van der Waals surface area (Å²) in [6.45, 7) is 2.96. The quantitative estimate of drug-likeness (QED) is 0.728. The third-order valence-electron chi connectivity index (χ3n) is 3.08. The van der Waals surface area contributed by atoms with E-state index in [2.05, 4.69) is 18.3 Å². The van der Waals surface area contributed by atoms with Gasteiger partial charge in [-0.3, -0.25) is 4.79 Å². The number of rotatable bonds is 8. The summed E-state index contributed by atoms with van der Waals surface area (Å²) in [6, 6.07) is 9.48. The molecule has 1 aromatic carbocycles. The maximum absolute atomic E-state index is 11.6. The monoisotopic (exact) mass is 258 g/mol. The fraction of sp³-hybridized carbons (Fsp3) is 0.500. The first kappa shape index (κ1) is 15.2. The molecule has 1 rings (SSSR count). The van der Waals surface area contributed by atoms with Gasteiger partial charge in [-0.05, 0) is 30.5 Å². The largest absolute Gasteiger partial charge is 0.356 e. The Balaban J connectivity index is 2.17. The number of amides is 1. The smallest absolute Gasteiger partial charge is 0.220 e. The molecule has 3 heteroatoms. The van der Waals surface area contributed by atoms with E-state index in [1.54, 1.807) is 12.1 Å². The van der Waals surface area contributed by atoms with E-state index in [0.717, 1.165) is 24.9 Å². The Morgan fingerprint density at radius 2 is 1.95 bits per heavy atom. The Kier molecular flexibility index (Phi) is 7.34. The van der Waals surface area contributed by atoms with Crippen LogP contribution in [0.3, 0.4) is 0 Å². The number of nitrogens with one attached hydrogen (secondary N) is 1. The minimum absolute atomic E-state index is 0.112. The molecule has 0 atom stereocenters. The number of carbonyl (C=O) groups excluding carboxylic acids is 1. The molecular formula is C16H22N2O. The van der Waals surface area contributed by atoms with Crippen LogP contribution < -0.4 is 5.32 Å². The molecule has 0 aliphatic rings. The van der Waals surface area contributed by atoms with Gasteiger partial charge in [-0.2, -0.15) is 5.26 Å². The van der Waals surface area contributed by atoms with Crippen LogP contribution in [-0.2, 0) is 11.2 Å².